The number of ether oxygens (including phenoxy) is 2. The molecule has 30 heavy (non-hydrogen) atoms. The zero-order valence-corrected chi connectivity index (χ0v) is 16.3. The summed E-state index contributed by atoms with van der Waals surface area (Å²) in [7, 11) is 0. The van der Waals surface area contributed by atoms with Crippen molar-refractivity contribution in [2.75, 3.05) is 6.61 Å². The number of Topliss-reactive ketones (excluding diaryl/α,β-unsaturated/α-hetero) is 1. The Labute approximate surface area is 174 Å². The number of para-hydroxylation sites is 1. The highest BCUT2D eigenvalue weighted by atomic mass is 16.5. The number of pyridine rings is 2. The predicted octanol–water partition coefficient (Wildman–Crippen LogP) is 4.64. The fourth-order valence-corrected chi connectivity index (χ4v) is 3.70. The molecule has 0 amide bonds. The third kappa shape index (κ3) is 3.74. The van der Waals surface area contributed by atoms with Gasteiger partial charge in [-0.05, 0) is 48.4 Å². The number of nitrogens with zero attached hydrogens (tertiary/aromatic N) is 2. The average molecular weight is 396 g/mol. The molecular formula is C25H20N2O3. The van der Waals surface area contributed by atoms with Gasteiger partial charge in [-0.2, -0.15) is 0 Å². The van der Waals surface area contributed by atoms with Crippen molar-refractivity contribution in [3.63, 3.8) is 0 Å². The summed E-state index contributed by atoms with van der Waals surface area (Å²) in [5, 5.41) is 1.09. The molecule has 0 radical (unpaired) electrons. The fraction of sp³-hybridized carbons (Fsp3) is 0.160. The quantitative estimate of drug-likeness (QED) is 0.492. The Morgan fingerprint density at radius 2 is 1.97 bits per heavy atom. The van der Waals surface area contributed by atoms with E-state index in [-0.39, 0.29) is 11.7 Å². The summed E-state index contributed by atoms with van der Waals surface area (Å²) >= 11 is 0. The molecule has 2 aromatic heterocycles. The van der Waals surface area contributed by atoms with Crippen LogP contribution in [0.5, 0.6) is 11.5 Å². The number of carbonyl (C=O) groups is 1. The van der Waals surface area contributed by atoms with Gasteiger partial charge in [0.2, 0.25) is 0 Å². The van der Waals surface area contributed by atoms with Gasteiger partial charge in [0, 0.05) is 17.8 Å². The number of aromatic nitrogens is 2. The molecule has 0 aliphatic carbocycles. The Hall–Kier alpha value is -3.73. The molecule has 0 N–H and O–H groups in total. The van der Waals surface area contributed by atoms with E-state index in [0.29, 0.717) is 36.7 Å². The van der Waals surface area contributed by atoms with Crippen LogP contribution in [0.1, 0.15) is 21.6 Å². The molecule has 0 fully saturated rings. The first-order valence-electron chi connectivity index (χ1n) is 9.94. The van der Waals surface area contributed by atoms with Crippen LogP contribution in [-0.2, 0) is 13.0 Å². The first-order chi connectivity index (χ1) is 14.8. The highest BCUT2D eigenvalue weighted by Crippen LogP contribution is 2.32. The van der Waals surface area contributed by atoms with Crippen LogP contribution in [0.3, 0.4) is 0 Å². The maximum Gasteiger partial charge on any atom is 0.173 e. The van der Waals surface area contributed by atoms with Crippen LogP contribution in [0, 0.1) is 5.92 Å². The lowest BCUT2D eigenvalue weighted by molar-refractivity contribution is 0.0829. The lowest BCUT2D eigenvalue weighted by atomic mass is 9.90. The molecule has 0 unspecified atom stereocenters. The Morgan fingerprint density at radius 3 is 2.87 bits per heavy atom. The van der Waals surface area contributed by atoms with Crippen molar-refractivity contribution in [2.45, 2.75) is 13.0 Å². The summed E-state index contributed by atoms with van der Waals surface area (Å²) in [6.07, 6.45) is 4.13. The molecule has 4 aromatic rings. The number of hydrogen-bond acceptors (Lipinski definition) is 5. The molecule has 3 heterocycles. The van der Waals surface area contributed by atoms with Gasteiger partial charge in [0.1, 0.15) is 18.1 Å². The number of carbonyl (C=O) groups excluding carboxylic acids is 1. The minimum atomic E-state index is -0.223. The van der Waals surface area contributed by atoms with Crippen LogP contribution in [-0.4, -0.2) is 22.4 Å². The van der Waals surface area contributed by atoms with Gasteiger partial charge >= 0.3 is 0 Å². The van der Waals surface area contributed by atoms with Gasteiger partial charge in [-0.25, -0.2) is 4.98 Å². The topological polar surface area (TPSA) is 61.3 Å². The van der Waals surface area contributed by atoms with E-state index in [4.69, 9.17) is 9.47 Å². The van der Waals surface area contributed by atoms with Crippen molar-refractivity contribution in [3.05, 3.63) is 95.9 Å². The van der Waals surface area contributed by atoms with Crippen LogP contribution in [0.4, 0.5) is 0 Å². The van der Waals surface area contributed by atoms with Crippen LogP contribution < -0.4 is 9.47 Å². The van der Waals surface area contributed by atoms with E-state index in [1.807, 2.05) is 54.6 Å². The fourth-order valence-electron chi connectivity index (χ4n) is 3.70. The molecule has 5 heteroatoms. The largest absolute Gasteiger partial charge is 0.492 e. The number of rotatable bonds is 5. The van der Waals surface area contributed by atoms with Crippen molar-refractivity contribution in [1.29, 1.82) is 0 Å². The molecule has 0 saturated heterocycles. The van der Waals surface area contributed by atoms with Crippen LogP contribution in [0.2, 0.25) is 0 Å². The normalized spacial score (nSPS) is 15.5. The predicted molar refractivity (Wildman–Crippen MR) is 114 cm³/mol. The molecule has 1 aliphatic rings. The second-order valence-electron chi connectivity index (χ2n) is 7.38. The molecule has 0 bridgehead atoms. The van der Waals surface area contributed by atoms with E-state index in [1.165, 1.54) is 0 Å². The van der Waals surface area contributed by atoms with E-state index in [0.717, 1.165) is 22.2 Å². The third-order valence-electron chi connectivity index (χ3n) is 5.28. The average Bonchev–Trinajstić information content (AvgIpc) is 2.80. The van der Waals surface area contributed by atoms with Crippen molar-refractivity contribution < 1.29 is 14.3 Å². The van der Waals surface area contributed by atoms with E-state index < -0.39 is 0 Å². The maximum atomic E-state index is 13.0. The zero-order valence-electron chi connectivity index (χ0n) is 16.3. The summed E-state index contributed by atoms with van der Waals surface area (Å²) in [5.74, 6) is 1.09. The van der Waals surface area contributed by atoms with Gasteiger partial charge in [0.25, 0.3) is 0 Å². The lowest BCUT2D eigenvalue weighted by Gasteiger charge is -2.24. The highest BCUT2D eigenvalue weighted by molar-refractivity contribution is 6.01. The number of benzene rings is 2. The monoisotopic (exact) mass is 396 g/mol. The second-order valence-corrected chi connectivity index (χ2v) is 7.38. The molecule has 1 atom stereocenters. The molecule has 1 aliphatic heterocycles. The number of hydrogen-bond donors (Lipinski definition) is 0. The Balaban J connectivity index is 1.31. The third-order valence-corrected chi connectivity index (χ3v) is 5.28. The van der Waals surface area contributed by atoms with Gasteiger partial charge in [-0.15, -0.1) is 0 Å². The Kier molecular flexibility index (Phi) is 4.85. The van der Waals surface area contributed by atoms with E-state index >= 15 is 0 Å². The lowest BCUT2D eigenvalue weighted by Crippen LogP contribution is -2.29. The molecule has 0 spiro atoms. The van der Waals surface area contributed by atoms with Gasteiger partial charge in [0.05, 0.1) is 29.3 Å². The Bertz CT molecular complexity index is 1210. The second kappa shape index (κ2) is 7.95. The van der Waals surface area contributed by atoms with Crippen molar-refractivity contribution in [2.24, 2.45) is 5.92 Å². The van der Waals surface area contributed by atoms with Gasteiger partial charge < -0.3 is 9.47 Å². The van der Waals surface area contributed by atoms with Crippen LogP contribution in [0.25, 0.3) is 10.9 Å². The summed E-state index contributed by atoms with van der Waals surface area (Å²) in [6.45, 7) is 0.708. The first kappa shape index (κ1) is 18.3. The summed E-state index contributed by atoms with van der Waals surface area (Å²) in [6, 6.07) is 21.2. The molecule has 0 saturated carbocycles. The van der Waals surface area contributed by atoms with Crippen LogP contribution in [0.15, 0.2) is 79.1 Å². The van der Waals surface area contributed by atoms with Crippen molar-refractivity contribution in [1.82, 2.24) is 9.97 Å². The molecule has 2 aromatic carbocycles. The smallest absolute Gasteiger partial charge is 0.173 e. The molecule has 148 valence electrons. The first-order valence-corrected chi connectivity index (χ1v) is 9.94. The summed E-state index contributed by atoms with van der Waals surface area (Å²) in [5.41, 5.74) is 3.37. The van der Waals surface area contributed by atoms with Crippen molar-refractivity contribution in [3.8, 4) is 11.5 Å². The zero-order chi connectivity index (χ0) is 20.3. The van der Waals surface area contributed by atoms with E-state index in [1.54, 1.807) is 24.5 Å². The maximum absolute atomic E-state index is 13.0. The molecule has 5 rings (SSSR count). The SMILES string of the molecule is O=C1c2cc(OCc3ccc4ccccc4n3)ccc2OC[C@@H]1Cc1cccnc1. The van der Waals surface area contributed by atoms with Gasteiger partial charge in [-0.3, -0.25) is 9.78 Å². The molecular weight excluding hydrogens is 376 g/mol. The number of fused-ring (bicyclic) bond motifs is 2. The highest BCUT2D eigenvalue weighted by Gasteiger charge is 2.29. The summed E-state index contributed by atoms with van der Waals surface area (Å²) < 4.78 is 11.8. The minimum Gasteiger partial charge on any atom is -0.492 e. The van der Waals surface area contributed by atoms with Gasteiger partial charge in [0.15, 0.2) is 5.78 Å². The number of ketones is 1. The van der Waals surface area contributed by atoms with Gasteiger partial charge in [-0.1, -0.05) is 30.3 Å². The molecule has 5 nitrogen and oxygen atoms in total. The van der Waals surface area contributed by atoms with Crippen molar-refractivity contribution >= 4 is 16.7 Å². The Morgan fingerprint density at radius 1 is 1.03 bits per heavy atom. The van der Waals surface area contributed by atoms with Crippen LogP contribution >= 0.6 is 0 Å². The minimum absolute atomic E-state index is 0.0781. The standard InChI is InChI=1S/C25H20N2O3/c28-25-19(12-17-4-3-11-26-14-17)15-30-24-10-9-21(13-22(24)25)29-16-20-8-7-18-5-1-2-6-23(18)27-20/h1-11,13-14,19H,12,15-16H2/t19-/m0/s1. The summed E-state index contributed by atoms with van der Waals surface area (Å²) in [4.78, 5) is 21.8. The van der Waals surface area contributed by atoms with E-state index in [2.05, 4.69) is 9.97 Å². The van der Waals surface area contributed by atoms with E-state index in [9.17, 15) is 4.79 Å².